The first-order valence-electron chi connectivity index (χ1n) is 8.10. The summed E-state index contributed by atoms with van der Waals surface area (Å²) in [6, 6.07) is 9.84. The van der Waals surface area contributed by atoms with E-state index in [9.17, 15) is 9.90 Å². The van der Waals surface area contributed by atoms with Crippen molar-refractivity contribution in [3.05, 3.63) is 41.4 Å². The number of rotatable bonds is 7. The van der Waals surface area contributed by atoms with Crippen molar-refractivity contribution in [2.24, 2.45) is 0 Å². The van der Waals surface area contributed by atoms with Crippen LogP contribution in [0.4, 0.5) is 10.8 Å². The molecule has 0 aliphatic carbocycles. The lowest BCUT2D eigenvalue weighted by atomic mass is 10.2. The molecule has 0 aliphatic rings. The number of carbonyl (C=O) groups is 1. The third-order valence-corrected chi connectivity index (χ3v) is 4.53. The molecule has 24 heavy (non-hydrogen) atoms. The van der Waals surface area contributed by atoms with Crippen molar-refractivity contribution >= 4 is 28.1 Å². The van der Waals surface area contributed by atoms with E-state index < -0.39 is 0 Å². The lowest BCUT2D eigenvalue weighted by molar-refractivity contribution is -0.115. The Morgan fingerprint density at radius 3 is 2.46 bits per heavy atom. The Kier molecular flexibility index (Phi) is 6.48. The van der Waals surface area contributed by atoms with Crippen molar-refractivity contribution < 1.29 is 9.90 Å². The van der Waals surface area contributed by atoms with Crippen molar-refractivity contribution in [3.8, 4) is 0 Å². The first-order chi connectivity index (χ1) is 11.4. The van der Waals surface area contributed by atoms with Crippen LogP contribution in [0.25, 0.3) is 0 Å². The number of aliphatic hydroxyl groups is 1. The van der Waals surface area contributed by atoms with Gasteiger partial charge in [-0.3, -0.25) is 14.6 Å². The van der Waals surface area contributed by atoms with Crippen LogP contribution in [-0.4, -0.2) is 39.6 Å². The van der Waals surface area contributed by atoms with Crippen LogP contribution in [0.5, 0.6) is 0 Å². The smallest absolute Gasteiger partial charge is 0.230 e. The van der Waals surface area contributed by atoms with Crippen LogP contribution in [0.3, 0.4) is 0 Å². The Morgan fingerprint density at radius 1 is 1.25 bits per heavy atom. The molecule has 1 heterocycles. The quantitative estimate of drug-likeness (QED) is 0.834. The summed E-state index contributed by atoms with van der Waals surface area (Å²) in [6.07, 6.45) is -0.386. The summed E-state index contributed by atoms with van der Waals surface area (Å²) in [4.78, 5) is 20.5. The molecular formula is C18H25N3O2S. The molecule has 1 amide bonds. The second-order valence-electron chi connectivity index (χ2n) is 6.18. The molecule has 0 saturated heterocycles. The fourth-order valence-electron chi connectivity index (χ4n) is 2.48. The third kappa shape index (κ3) is 4.87. The second-order valence-corrected chi connectivity index (χ2v) is 7.02. The normalized spacial score (nSPS) is 12.6. The highest BCUT2D eigenvalue weighted by atomic mass is 32.1. The van der Waals surface area contributed by atoms with Gasteiger partial charge in [0.05, 0.1) is 17.5 Å². The highest BCUT2D eigenvalue weighted by Gasteiger charge is 2.19. The maximum atomic E-state index is 12.1. The average molecular weight is 347 g/mol. The monoisotopic (exact) mass is 347 g/mol. The minimum Gasteiger partial charge on any atom is -0.392 e. The summed E-state index contributed by atoms with van der Waals surface area (Å²) in [5, 5.41) is 12.3. The Hall–Kier alpha value is -1.76. The number of anilines is 2. The molecule has 0 fully saturated rings. The molecule has 6 heteroatoms. The van der Waals surface area contributed by atoms with Crippen LogP contribution in [0, 0.1) is 0 Å². The highest BCUT2D eigenvalue weighted by molar-refractivity contribution is 7.14. The van der Waals surface area contributed by atoms with Gasteiger partial charge >= 0.3 is 0 Å². The Balaban J connectivity index is 2.20. The Morgan fingerprint density at radius 2 is 1.92 bits per heavy atom. The molecule has 130 valence electrons. The van der Waals surface area contributed by atoms with Gasteiger partial charge in [0.2, 0.25) is 5.91 Å². The van der Waals surface area contributed by atoms with E-state index in [0.717, 1.165) is 11.4 Å². The predicted octanol–water partition coefficient (Wildman–Crippen LogP) is 3.42. The second kappa shape index (κ2) is 8.37. The number of aliphatic hydroxyl groups excluding tert-OH is 1. The van der Waals surface area contributed by atoms with E-state index in [1.807, 2.05) is 35.7 Å². The minimum absolute atomic E-state index is 0.0632. The molecule has 1 aromatic heterocycles. The number of hydrogen-bond donors (Lipinski definition) is 1. The first-order valence-corrected chi connectivity index (χ1v) is 8.98. The largest absolute Gasteiger partial charge is 0.392 e. The number of para-hydroxylation sites is 1. The molecule has 1 unspecified atom stereocenters. The zero-order valence-electron chi connectivity index (χ0n) is 14.6. The average Bonchev–Trinajstić information content (AvgIpc) is 2.95. The molecule has 1 aromatic carbocycles. The maximum Gasteiger partial charge on any atom is 0.230 e. The van der Waals surface area contributed by atoms with Gasteiger partial charge in [-0.25, -0.2) is 4.98 Å². The minimum atomic E-state index is -0.386. The van der Waals surface area contributed by atoms with Crippen molar-refractivity contribution in [2.45, 2.75) is 46.4 Å². The standard InChI is InChI=1S/C18H25N3O2S/c1-13(2)20(10-14(3)22)11-16-12-24-18(19-16)21(15(4)23)17-8-6-5-7-9-17/h5-9,12-14,22H,10-11H2,1-4H3. The van der Waals surface area contributed by atoms with Gasteiger partial charge in [0, 0.05) is 31.4 Å². The molecule has 0 radical (unpaired) electrons. The van der Waals surface area contributed by atoms with Gasteiger partial charge in [0.15, 0.2) is 5.13 Å². The molecule has 2 aromatic rings. The lowest BCUT2D eigenvalue weighted by Crippen LogP contribution is -2.36. The number of benzene rings is 1. The highest BCUT2D eigenvalue weighted by Crippen LogP contribution is 2.29. The van der Waals surface area contributed by atoms with Gasteiger partial charge in [0.25, 0.3) is 0 Å². The van der Waals surface area contributed by atoms with E-state index in [0.29, 0.717) is 24.3 Å². The molecule has 0 bridgehead atoms. The summed E-state index contributed by atoms with van der Waals surface area (Å²) in [5.74, 6) is -0.0632. The van der Waals surface area contributed by atoms with Gasteiger partial charge < -0.3 is 5.11 Å². The summed E-state index contributed by atoms with van der Waals surface area (Å²) in [5.41, 5.74) is 1.72. The first kappa shape index (κ1) is 18.6. The van der Waals surface area contributed by atoms with Crippen LogP contribution < -0.4 is 4.90 Å². The van der Waals surface area contributed by atoms with Crippen LogP contribution in [0.1, 0.15) is 33.4 Å². The number of amides is 1. The summed E-state index contributed by atoms with van der Waals surface area (Å²) in [7, 11) is 0. The Bertz CT molecular complexity index is 655. The van der Waals surface area contributed by atoms with Crippen LogP contribution >= 0.6 is 11.3 Å². The molecule has 0 spiro atoms. The van der Waals surface area contributed by atoms with E-state index >= 15 is 0 Å². The number of thiazole rings is 1. The third-order valence-electron chi connectivity index (χ3n) is 3.65. The zero-order valence-corrected chi connectivity index (χ0v) is 15.5. The number of aromatic nitrogens is 1. The van der Waals surface area contributed by atoms with E-state index in [1.165, 1.54) is 11.3 Å². The molecule has 1 atom stereocenters. The maximum absolute atomic E-state index is 12.1. The van der Waals surface area contributed by atoms with Gasteiger partial charge in [0.1, 0.15) is 0 Å². The number of hydrogen-bond acceptors (Lipinski definition) is 5. The molecule has 0 aliphatic heterocycles. The summed E-state index contributed by atoms with van der Waals surface area (Å²) < 4.78 is 0. The van der Waals surface area contributed by atoms with Crippen molar-refractivity contribution in [1.29, 1.82) is 0 Å². The Labute approximate surface area is 147 Å². The molecule has 2 rings (SSSR count). The van der Waals surface area contributed by atoms with Crippen molar-refractivity contribution in [2.75, 3.05) is 11.4 Å². The molecule has 0 saturated carbocycles. The van der Waals surface area contributed by atoms with E-state index in [4.69, 9.17) is 0 Å². The summed E-state index contributed by atoms with van der Waals surface area (Å²) >= 11 is 1.46. The van der Waals surface area contributed by atoms with Gasteiger partial charge in [-0.2, -0.15) is 0 Å². The van der Waals surface area contributed by atoms with Crippen LogP contribution in [0.2, 0.25) is 0 Å². The van der Waals surface area contributed by atoms with Crippen molar-refractivity contribution in [1.82, 2.24) is 9.88 Å². The van der Waals surface area contributed by atoms with E-state index in [2.05, 4.69) is 23.7 Å². The van der Waals surface area contributed by atoms with Gasteiger partial charge in [-0.05, 0) is 32.9 Å². The van der Waals surface area contributed by atoms with Gasteiger partial charge in [-0.15, -0.1) is 11.3 Å². The number of nitrogens with zero attached hydrogens (tertiary/aromatic N) is 3. The summed E-state index contributed by atoms with van der Waals surface area (Å²) in [6.45, 7) is 8.78. The molecule has 1 N–H and O–H groups in total. The van der Waals surface area contributed by atoms with Crippen molar-refractivity contribution in [3.63, 3.8) is 0 Å². The predicted molar refractivity (Wildman–Crippen MR) is 98.6 cm³/mol. The van der Waals surface area contributed by atoms with E-state index in [-0.39, 0.29) is 12.0 Å². The topological polar surface area (TPSA) is 56.7 Å². The fourth-order valence-corrected chi connectivity index (χ4v) is 3.36. The van der Waals surface area contributed by atoms with Gasteiger partial charge in [-0.1, -0.05) is 18.2 Å². The van der Waals surface area contributed by atoms with Crippen LogP contribution in [0.15, 0.2) is 35.7 Å². The molecular weight excluding hydrogens is 322 g/mol. The van der Waals surface area contributed by atoms with Crippen LogP contribution in [-0.2, 0) is 11.3 Å². The lowest BCUT2D eigenvalue weighted by Gasteiger charge is -2.26. The molecule has 5 nitrogen and oxygen atoms in total. The zero-order chi connectivity index (χ0) is 17.7. The SMILES string of the molecule is CC(=O)N(c1ccccc1)c1nc(CN(CC(C)O)C(C)C)cs1. The number of carbonyl (C=O) groups excluding carboxylic acids is 1. The fraction of sp³-hybridized carbons (Fsp3) is 0.444. The van der Waals surface area contributed by atoms with E-state index in [1.54, 1.807) is 18.7 Å².